The van der Waals surface area contributed by atoms with Crippen LogP contribution in [0.5, 0.6) is 0 Å². The third-order valence-corrected chi connectivity index (χ3v) is 3.09. The molecule has 0 N–H and O–H groups in total. The van der Waals surface area contributed by atoms with Gasteiger partial charge >= 0.3 is 11.9 Å². The summed E-state index contributed by atoms with van der Waals surface area (Å²) in [6.07, 6.45) is 2.19. The van der Waals surface area contributed by atoms with Gasteiger partial charge in [0.2, 0.25) is 0 Å². The van der Waals surface area contributed by atoms with Crippen LogP contribution in [0.15, 0.2) is 35.9 Å². The van der Waals surface area contributed by atoms with Crippen molar-refractivity contribution >= 4 is 18.0 Å². The highest BCUT2D eigenvalue weighted by Gasteiger charge is 2.64. The Labute approximate surface area is 105 Å². The van der Waals surface area contributed by atoms with Crippen molar-refractivity contribution in [2.45, 2.75) is 6.42 Å². The van der Waals surface area contributed by atoms with Crippen LogP contribution in [0, 0.1) is 5.41 Å². The fourth-order valence-corrected chi connectivity index (χ4v) is 2.00. The van der Waals surface area contributed by atoms with E-state index < -0.39 is 17.4 Å². The van der Waals surface area contributed by atoms with Gasteiger partial charge in [-0.1, -0.05) is 36.4 Å². The molecule has 0 heterocycles. The van der Waals surface area contributed by atoms with E-state index in [9.17, 15) is 9.59 Å². The Morgan fingerprint density at radius 2 is 1.67 bits per heavy atom. The molecule has 1 fully saturated rings. The van der Waals surface area contributed by atoms with Crippen LogP contribution in [0.4, 0.5) is 0 Å². The van der Waals surface area contributed by atoms with Gasteiger partial charge in [-0.15, -0.1) is 0 Å². The van der Waals surface area contributed by atoms with Gasteiger partial charge in [0.1, 0.15) is 0 Å². The average Bonchev–Trinajstić information content (AvgIpc) is 3.13. The van der Waals surface area contributed by atoms with Crippen LogP contribution in [0.1, 0.15) is 12.0 Å². The maximum Gasteiger partial charge on any atom is 0.327 e. The number of methoxy groups -OCH3 is 2. The Balaban J connectivity index is 2.31. The zero-order valence-corrected chi connectivity index (χ0v) is 10.3. The number of hydrogen-bond donors (Lipinski definition) is 0. The second-order valence-electron chi connectivity index (χ2n) is 4.15. The summed E-state index contributed by atoms with van der Waals surface area (Å²) in [5, 5.41) is 0. The maximum absolute atomic E-state index is 11.7. The molecule has 0 bridgehead atoms. The third kappa shape index (κ3) is 1.90. The Morgan fingerprint density at radius 3 is 2.17 bits per heavy atom. The lowest BCUT2D eigenvalue weighted by Gasteiger charge is -2.09. The smallest absolute Gasteiger partial charge is 0.327 e. The topological polar surface area (TPSA) is 52.6 Å². The summed E-state index contributed by atoms with van der Waals surface area (Å²) in [5.41, 5.74) is 0.453. The van der Waals surface area contributed by atoms with Crippen LogP contribution in [0.2, 0.25) is 0 Å². The largest absolute Gasteiger partial charge is 0.468 e. The molecule has 4 nitrogen and oxygen atoms in total. The summed E-state index contributed by atoms with van der Waals surface area (Å²) in [6, 6.07) is 9.51. The van der Waals surface area contributed by atoms with Crippen molar-refractivity contribution in [2.75, 3.05) is 14.2 Å². The molecule has 18 heavy (non-hydrogen) atoms. The molecule has 1 aliphatic rings. The molecule has 94 valence electrons. The second kappa shape index (κ2) is 4.64. The lowest BCUT2D eigenvalue weighted by molar-refractivity contribution is -0.160. The van der Waals surface area contributed by atoms with Crippen LogP contribution in [-0.2, 0) is 19.1 Å². The molecule has 1 saturated carbocycles. The molecule has 4 heteroatoms. The van der Waals surface area contributed by atoms with Crippen molar-refractivity contribution in [3.63, 3.8) is 0 Å². The van der Waals surface area contributed by atoms with Gasteiger partial charge in [0.15, 0.2) is 5.41 Å². The Hall–Kier alpha value is -2.10. The minimum atomic E-state index is -1.22. The van der Waals surface area contributed by atoms with Crippen molar-refractivity contribution < 1.29 is 19.1 Å². The summed E-state index contributed by atoms with van der Waals surface area (Å²) in [5.74, 6) is -1.12. The third-order valence-electron chi connectivity index (χ3n) is 3.09. The summed E-state index contributed by atoms with van der Waals surface area (Å²) in [4.78, 5) is 23.5. The molecule has 1 aromatic rings. The van der Waals surface area contributed by atoms with Gasteiger partial charge in [0.05, 0.1) is 14.2 Å². The van der Waals surface area contributed by atoms with Crippen LogP contribution >= 0.6 is 0 Å². The summed E-state index contributed by atoms with van der Waals surface area (Å²) >= 11 is 0. The van der Waals surface area contributed by atoms with E-state index >= 15 is 0 Å². The molecule has 0 aromatic heterocycles. The molecule has 0 amide bonds. The molecular formula is C14H14O4. The van der Waals surface area contributed by atoms with Crippen molar-refractivity contribution in [1.82, 2.24) is 0 Å². The zero-order chi connectivity index (χ0) is 13.2. The zero-order valence-electron chi connectivity index (χ0n) is 10.3. The Bertz CT molecular complexity index is 486. The molecule has 0 atom stereocenters. The quantitative estimate of drug-likeness (QED) is 0.603. The minimum Gasteiger partial charge on any atom is -0.468 e. The first-order valence-electron chi connectivity index (χ1n) is 5.58. The van der Waals surface area contributed by atoms with Crippen molar-refractivity contribution in [3.05, 3.63) is 41.5 Å². The number of benzene rings is 1. The van der Waals surface area contributed by atoms with Crippen molar-refractivity contribution in [1.29, 1.82) is 0 Å². The van der Waals surface area contributed by atoms with E-state index in [0.29, 0.717) is 6.42 Å². The van der Waals surface area contributed by atoms with Crippen LogP contribution in [-0.4, -0.2) is 26.2 Å². The summed E-state index contributed by atoms with van der Waals surface area (Å²) in [6.45, 7) is 0. The van der Waals surface area contributed by atoms with E-state index in [1.54, 1.807) is 0 Å². The molecule has 1 aliphatic carbocycles. The molecule has 2 rings (SSSR count). The molecule has 0 unspecified atom stereocenters. The monoisotopic (exact) mass is 246 g/mol. The van der Waals surface area contributed by atoms with E-state index in [2.05, 4.69) is 9.47 Å². The predicted molar refractivity (Wildman–Crippen MR) is 65.5 cm³/mol. The number of esters is 2. The van der Waals surface area contributed by atoms with Gasteiger partial charge < -0.3 is 9.47 Å². The van der Waals surface area contributed by atoms with Gasteiger partial charge in [-0.3, -0.25) is 9.59 Å². The fraction of sp³-hybridized carbons (Fsp3) is 0.286. The number of ether oxygens (including phenoxy) is 2. The molecule has 0 radical (unpaired) electrons. The molecule has 0 spiro atoms. The van der Waals surface area contributed by atoms with Crippen LogP contribution in [0.3, 0.4) is 0 Å². The Morgan fingerprint density at radius 1 is 1.11 bits per heavy atom. The normalized spacial score (nSPS) is 18.2. The van der Waals surface area contributed by atoms with E-state index in [1.807, 2.05) is 36.4 Å². The summed E-state index contributed by atoms with van der Waals surface area (Å²) < 4.78 is 9.38. The predicted octanol–water partition coefficient (Wildman–Crippen LogP) is 1.81. The fourth-order valence-electron chi connectivity index (χ4n) is 2.00. The summed E-state index contributed by atoms with van der Waals surface area (Å²) in [7, 11) is 2.54. The SMILES string of the molecule is COC(=O)C1(C(=O)OC)C/C1=C\c1ccccc1. The van der Waals surface area contributed by atoms with Gasteiger partial charge in [-0.05, 0) is 11.1 Å². The number of rotatable bonds is 3. The highest BCUT2D eigenvalue weighted by molar-refractivity contribution is 6.10. The minimum absolute atomic E-state index is 0.362. The van der Waals surface area contributed by atoms with E-state index in [0.717, 1.165) is 11.1 Å². The van der Waals surface area contributed by atoms with Crippen molar-refractivity contribution in [3.8, 4) is 0 Å². The van der Waals surface area contributed by atoms with E-state index in [-0.39, 0.29) is 0 Å². The molecule has 0 saturated heterocycles. The number of hydrogen-bond acceptors (Lipinski definition) is 4. The van der Waals surface area contributed by atoms with Crippen molar-refractivity contribution in [2.24, 2.45) is 5.41 Å². The highest BCUT2D eigenvalue weighted by Crippen LogP contribution is 2.54. The first-order valence-corrected chi connectivity index (χ1v) is 5.58. The first-order chi connectivity index (χ1) is 8.65. The number of carbonyl (C=O) groups is 2. The lowest BCUT2D eigenvalue weighted by Crippen LogP contribution is -2.28. The average molecular weight is 246 g/mol. The maximum atomic E-state index is 11.7. The molecule has 1 aromatic carbocycles. The second-order valence-corrected chi connectivity index (χ2v) is 4.15. The van der Waals surface area contributed by atoms with E-state index in [4.69, 9.17) is 0 Å². The Kier molecular flexibility index (Phi) is 3.19. The van der Waals surface area contributed by atoms with Gasteiger partial charge in [-0.25, -0.2) is 0 Å². The molecule has 0 aliphatic heterocycles. The highest BCUT2D eigenvalue weighted by atomic mass is 16.5. The standard InChI is InChI=1S/C14H14O4/c1-17-12(15)14(13(16)18-2)9-11(14)8-10-6-4-3-5-7-10/h3-8H,9H2,1-2H3/b11-8+. The number of carbonyl (C=O) groups excluding carboxylic acids is 2. The molecular weight excluding hydrogens is 232 g/mol. The lowest BCUT2D eigenvalue weighted by atomic mass is 10.1. The van der Waals surface area contributed by atoms with Gasteiger partial charge in [0.25, 0.3) is 0 Å². The van der Waals surface area contributed by atoms with Gasteiger partial charge in [-0.2, -0.15) is 0 Å². The van der Waals surface area contributed by atoms with Gasteiger partial charge in [0, 0.05) is 6.42 Å². The van der Waals surface area contributed by atoms with E-state index in [1.165, 1.54) is 14.2 Å². The van der Waals surface area contributed by atoms with Crippen LogP contribution in [0.25, 0.3) is 6.08 Å². The van der Waals surface area contributed by atoms with Crippen LogP contribution < -0.4 is 0 Å². The first kappa shape index (κ1) is 12.4.